The molecule has 1 N–H and O–H groups in total. The lowest BCUT2D eigenvalue weighted by atomic mass is 10.2. The van der Waals surface area contributed by atoms with Crippen molar-refractivity contribution in [2.45, 2.75) is 24.8 Å². The van der Waals surface area contributed by atoms with E-state index in [4.69, 9.17) is 9.84 Å². The molecule has 1 atom stereocenters. The lowest BCUT2D eigenvalue weighted by molar-refractivity contribution is -0.140. The minimum absolute atomic E-state index is 0.0430. The van der Waals surface area contributed by atoms with E-state index in [0.717, 1.165) is 4.31 Å². The van der Waals surface area contributed by atoms with E-state index in [9.17, 15) is 13.2 Å². The molecule has 1 unspecified atom stereocenters. The highest BCUT2D eigenvalue weighted by Crippen LogP contribution is 2.24. The summed E-state index contributed by atoms with van der Waals surface area (Å²) in [5.41, 5.74) is 0.667. The molecule has 6 nitrogen and oxygen atoms in total. The molecule has 1 aromatic carbocycles. The fraction of sp³-hybridized carbons (Fsp3) is 0.417. The summed E-state index contributed by atoms with van der Waals surface area (Å²) in [7, 11) is -1.09. The van der Waals surface area contributed by atoms with Gasteiger partial charge in [-0.15, -0.1) is 0 Å². The number of sulfonamides is 1. The van der Waals surface area contributed by atoms with Gasteiger partial charge >= 0.3 is 5.97 Å². The summed E-state index contributed by atoms with van der Waals surface area (Å²) < 4.78 is 30.4. The lowest BCUT2D eigenvalue weighted by Crippen LogP contribution is -2.40. The molecular formula is C12H17NO5S. The molecule has 0 heterocycles. The van der Waals surface area contributed by atoms with Crippen molar-refractivity contribution in [3.63, 3.8) is 0 Å². The van der Waals surface area contributed by atoms with Gasteiger partial charge in [0.05, 0.1) is 12.0 Å². The van der Waals surface area contributed by atoms with Crippen LogP contribution in [0.5, 0.6) is 5.75 Å². The van der Waals surface area contributed by atoms with E-state index in [1.54, 1.807) is 13.0 Å². The Morgan fingerprint density at radius 3 is 2.42 bits per heavy atom. The maximum atomic E-state index is 12.3. The van der Waals surface area contributed by atoms with Crippen LogP contribution in [0.4, 0.5) is 0 Å². The molecule has 0 aliphatic rings. The molecule has 106 valence electrons. The van der Waals surface area contributed by atoms with Crippen molar-refractivity contribution >= 4 is 16.0 Å². The molecule has 7 heteroatoms. The van der Waals surface area contributed by atoms with Gasteiger partial charge in [-0.2, -0.15) is 4.31 Å². The van der Waals surface area contributed by atoms with Crippen molar-refractivity contribution in [2.24, 2.45) is 0 Å². The number of nitrogens with zero attached hydrogens (tertiary/aromatic N) is 1. The van der Waals surface area contributed by atoms with Crippen molar-refractivity contribution < 1.29 is 23.1 Å². The quantitative estimate of drug-likeness (QED) is 0.876. The summed E-state index contributed by atoms with van der Waals surface area (Å²) in [5, 5.41) is 8.87. The van der Waals surface area contributed by atoms with Gasteiger partial charge in [-0.25, -0.2) is 8.42 Å². The Hall–Kier alpha value is -1.60. The van der Waals surface area contributed by atoms with E-state index in [1.807, 2.05) is 0 Å². The van der Waals surface area contributed by atoms with E-state index in [2.05, 4.69) is 0 Å². The molecule has 0 aliphatic heterocycles. The van der Waals surface area contributed by atoms with Crippen LogP contribution in [0, 0.1) is 6.92 Å². The highest BCUT2D eigenvalue weighted by molar-refractivity contribution is 7.89. The Morgan fingerprint density at radius 2 is 2.00 bits per heavy atom. The number of carbonyl (C=O) groups is 1. The first-order valence-corrected chi connectivity index (χ1v) is 7.01. The van der Waals surface area contributed by atoms with Gasteiger partial charge in [0.2, 0.25) is 10.0 Å². The molecule has 0 fully saturated rings. The van der Waals surface area contributed by atoms with E-state index < -0.39 is 22.0 Å². The number of methoxy groups -OCH3 is 1. The van der Waals surface area contributed by atoms with Crippen LogP contribution < -0.4 is 4.74 Å². The molecule has 0 aromatic heterocycles. The fourth-order valence-electron chi connectivity index (χ4n) is 1.54. The van der Waals surface area contributed by atoms with Crippen LogP contribution in [0.15, 0.2) is 23.1 Å². The van der Waals surface area contributed by atoms with Gasteiger partial charge in [0, 0.05) is 7.05 Å². The molecule has 1 rings (SSSR count). The summed E-state index contributed by atoms with van der Waals surface area (Å²) in [6, 6.07) is 3.26. The van der Waals surface area contributed by atoms with Gasteiger partial charge in [0.15, 0.2) is 0 Å². The number of hydrogen-bond acceptors (Lipinski definition) is 4. The number of hydrogen-bond donors (Lipinski definition) is 1. The fourth-order valence-corrected chi connectivity index (χ4v) is 2.95. The predicted molar refractivity (Wildman–Crippen MR) is 69.8 cm³/mol. The van der Waals surface area contributed by atoms with Gasteiger partial charge in [-0.3, -0.25) is 4.79 Å². The predicted octanol–water partition coefficient (Wildman–Crippen LogP) is 1.10. The zero-order chi connectivity index (χ0) is 14.8. The molecule has 0 saturated heterocycles. The second-order valence-corrected chi connectivity index (χ2v) is 6.16. The summed E-state index contributed by atoms with van der Waals surface area (Å²) >= 11 is 0. The number of aryl methyl sites for hydroxylation is 1. The lowest BCUT2D eigenvalue weighted by Gasteiger charge is -2.21. The van der Waals surface area contributed by atoms with Gasteiger partial charge < -0.3 is 9.84 Å². The van der Waals surface area contributed by atoms with Crippen molar-refractivity contribution in [1.82, 2.24) is 4.31 Å². The van der Waals surface area contributed by atoms with Crippen LogP contribution in [0.1, 0.15) is 12.5 Å². The molecule has 0 spiro atoms. The first-order valence-electron chi connectivity index (χ1n) is 5.57. The third-order valence-electron chi connectivity index (χ3n) is 2.95. The Labute approximate surface area is 112 Å². The summed E-state index contributed by atoms with van der Waals surface area (Å²) in [5.74, 6) is -0.621. The standard InChI is InChI=1S/C12H17NO5S/c1-8-7-10(5-6-11(8)18-4)19(16,17)13(3)9(2)12(14)15/h5-7,9H,1-4H3,(H,14,15). The Morgan fingerprint density at radius 1 is 1.42 bits per heavy atom. The van der Waals surface area contributed by atoms with Gasteiger partial charge in [-0.1, -0.05) is 0 Å². The topological polar surface area (TPSA) is 83.9 Å². The van der Waals surface area contributed by atoms with E-state index >= 15 is 0 Å². The first kappa shape index (κ1) is 15.5. The second kappa shape index (κ2) is 5.58. The van der Waals surface area contributed by atoms with Crippen LogP contribution in [0.3, 0.4) is 0 Å². The van der Waals surface area contributed by atoms with Crippen LogP contribution >= 0.6 is 0 Å². The zero-order valence-corrected chi connectivity index (χ0v) is 12.1. The smallest absolute Gasteiger partial charge is 0.321 e. The SMILES string of the molecule is COc1ccc(S(=O)(=O)N(C)C(C)C(=O)O)cc1C. The van der Waals surface area contributed by atoms with Crippen LogP contribution in [-0.4, -0.2) is 44.0 Å². The number of carboxylic acid groups (broad SMARTS) is 1. The Bertz CT molecular complexity index is 582. The molecular weight excluding hydrogens is 270 g/mol. The molecule has 0 radical (unpaired) electrons. The summed E-state index contributed by atoms with van der Waals surface area (Å²) in [6.07, 6.45) is 0. The first-order chi connectivity index (χ1) is 8.71. The number of rotatable bonds is 5. The van der Waals surface area contributed by atoms with Gasteiger partial charge in [0.25, 0.3) is 0 Å². The van der Waals surface area contributed by atoms with Crippen LogP contribution in [-0.2, 0) is 14.8 Å². The maximum Gasteiger partial charge on any atom is 0.321 e. The Kier molecular flexibility index (Phi) is 4.54. The third-order valence-corrected chi connectivity index (χ3v) is 4.87. The highest BCUT2D eigenvalue weighted by Gasteiger charge is 2.29. The molecule has 0 saturated carbocycles. The number of carboxylic acids is 1. The monoisotopic (exact) mass is 287 g/mol. The minimum Gasteiger partial charge on any atom is -0.496 e. The number of aliphatic carboxylic acids is 1. The molecule has 0 amide bonds. The Balaban J connectivity index is 3.20. The van der Waals surface area contributed by atoms with Crippen LogP contribution in [0.25, 0.3) is 0 Å². The van der Waals surface area contributed by atoms with E-state index in [-0.39, 0.29) is 4.90 Å². The summed E-state index contributed by atoms with van der Waals surface area (Å²) in [6.45, 7) is 3.04. The van der Waals surface area contributed by atoms with Gasteiger partial charge in [0.1, 0.15) is 11.8 Å². The van der Waals surface area contributed by atoms with E-state index in [0.29, 0.717) is 11.3 Å². The number of ether oxygens (including phenoxy) is 1. The molecule has 0 bridgehead atoms. The number of likely N-dealkylation sites (N-methyl/N-ethyl adjacent to an activating group) is 1. The van der Waals surface area contributed by atoms with E-state index in [1.165, 1.54) is 33.2 Å². The largest absolute Gasteiger partial charge is 0.496 e. The molecule has 1 aromatic rings. The second-order valence-electron chi connectivity index (χ2n) is 4.17. The minimum atomic E-state index is -3.83. The van der Waals surface area contributed by atoms with Crippen molar-refractivity contribution in [3.05, 3.63) is 23.8 Å². The average Bonchev–Trinajstić information content (AvgIpc) is 2.36. The molecule has 0 aliphatic carbocycles. The highest BCUT2D eigenvalue weighted by atomic mass is 32.2. The zero-order valence-electron chi connectivity index (χ0n) is 11.2. The number of benzene rings is 1. The average molecular weight is 287 g/mol. The van der Waals surface area contributed by atoms with Crippen LogP contribution in [0.2, 0.25) is 0 Å². The normalized spacial score (nSPS) is 13.3. The van der Waals surface area contributed by atoms with Crippen molar-refractivity contribution in [1.29, 1.82) is 0 Å². The third kappa shape index (κ3) is 3.05. The van der Waals surface area contributed by atoms with Crippen molar-refractivity contribution in [3.8, 4) is 5.75 Å². The molecule has 19 heavy (non-hydrogen) atoms. The van der Waals surface area contributed by atoms with Gasteiger partial charge in [-0.05, 0) is 37.6 Å². The maximum absolute atomic E-state index is 12.3. The summed E-state index contributed by atoms with van der Waals surface area (Å²) in [4.78, 5) is 10.9. The van der Waals surface area contributed by atoms with Crippen molar-refractivity contribution in [2.75, 3.05) is 14.2 Å².